The SMILES string of the molecule is C[C@@H]1Cc2c(c(-c3ccc(C(F)(F)F)cc3)nn2CCCN2CCC(c3c(C(=O)NCCN4CCOCC4)sc4cc(F)ccc34)CC2)CN1S(C)(=O)=O. The van der Waals surface area contributed by atoms with E-state index < -0.39 is 21.8 Å². The van der Waals surface area contributed by atoms with Gasteiger partial charge in [0.05, 0.1) is 35.6 Å². The highest BCUT2D eigenvalue weighted by Crippen LogP contribution is 2.41. The summed E-state index contributed by atoms with van der Waals surface area (Å²) in [5, 5.41) is 8.91. The number of fused-ring (bicyclic) bond motifs is 2. The van der Waals surface area contributed by atoms with Crippen LogP contribution >= 0.6 is 11.3 Å². The van der Waals surface area contributed by atoms with Crippen LogP contribution in [0.3, 0.4) is 0 Å². The monoisotopic (exact) mass is 790 g/mol. The molecule has 4 aromatic rings. The third-order valence-corrected chi connectivity index (χ3v) is 13.4. The Balaban J connectivity index is 1.02. The van der Waals surface area contributed by atoms with E-state index in [-0.39, 0.29) is 30.2 Å². The van der Waals surface area contributed by atoms with E-state index in [9.17, 15) is 30.8 Å². The topological polar surface area (TPSA) is 100 Å². The van der Waals surface area contributed by atoms with Gasteiger partial charge in [-0.25, -0.2) is 12.8 Å². The van der Waals surface area contributed by atoms with Crippen LogP contribution in [0.2, 0.25) is 0 Å². The van der Waals surface area contributed by atoms with Crippen LogP contribution in [0.1, 0.15) is 64.2 Å². The number of hydrogen-bond acceptors (Lipinski definition) is 8. The largest absolute Gasteiger partial charge is 0.416 e. The lowest BCUT2D eigenvalue weighted by Gasteiger charge is -2.33. The molecule has 16 heteroatoms. The molecule has 292 valence electrons. The number of morpholine rings is 1. The van der Waals surface area contributed by atoms with Gasteiger partial charge in [0.2, 0.25) is 10.0 Å². The number of halogens is 4. The van der Waals surface area contributed by atoms with Crippen LogP contribution in [-0.2, 0) is 40.4 Å². The van der Waals surface area contributed by atoms with Gasteiger partial charge < -0.3 is 15.0 Å². The van der Waals surface area contributed by atoms with Crippen LogP contribution in [0.15, 0.2) is 42.5 Å². The number of rotatable bonds is 11. The Labute approximate surface area is 317 Å². The van der Waals surface area contributed by atoms with Crippen molar-refractivity contribution in [1.82, 2.24) is 29.2 Å². The number of amides is 1. The molecule has 0 aliphatic carbocycles. The average molecular weight is 791 g/mol. The molecule has 10 nitrogen and oxygen atoms in total. The van der Waals surface area contributed by atoms with Crippen molar-refractivity contribution >= 4 is 37.4 Å². The first-order valence-corrected chi connectivity index (χ1v) is 21.2. The first-order valence-electron chi connectivity index (χ1n) is 18.5. The summed E-state index contributed by atoms with van der Waals surface area (Å²) in [6.45, 7) is 9.36. The molecule has 0 saturated carbocycles. The van der Waals surface area contributed by atoms with Gasteiger partial charge in [0.15, 0.2) is 0 Å². The Bertz CT molecular complexity index is 2070. The van der Waals surface area contributed by atoms with Gasteiger partial charge in [0.25, 0.3) is 5.91 Å². The maximum atomic E-state index is 14.3. The van der Waals surface area contributed by atoms with Gasteiger partial charge in [-0.2, -0.15) is 22.6 Å². The van der Waals surface area contributed by atoms with E-state index in [0.717, 1.165) is 97.6 Å². The molecule has 2 aromatic heterocycles. The summed E-state index contributed by atoms with van der Waals surface area (Å²) in [5.74, 6) is -0.282. The maximum absolute atomic E-state index is 14.3. The zero-order chi connectivity index (χ0) is 38.2. The number of carbonyl (C=O) groups excluding carboxylic acids is 1. The van der Waals surface area contributed by atoms with E-state index in [4.69, 9.17) is 9.84 Å². The van der Waals surface area contributed by atoms with Gasteiger partial charge in [-0.3, -0.25) is 14.4 Å². The van der Waals surface area contributed by atoms with Crippen LogP contribution in [0.25, 0.3) is 21.3 Å². The number of nitrogens with zero attached hydrogens (tertiary/aromatic N) is 5. The van der Waals surface area contributed by atoms with Crippen molar-refractivity contribution in [1.29, 1.82) is 0 Å². The van der Waals surface area contributed by atoms with Crippen molar-refractivity contribution in [3.05, 3.63) is 75.5 Å². The summed E-state index contributed by atoms with van der Waals surface area (Å²) in [7, 11) is -3.52. The normalized spacial score (nSPS) is 19.7. The van der Waals surface area contributed by atoms with E-state index in [1.54, 1.807) is 6.07 Å². The predicted molar refractivity (Wildman–Crippen MR) is 201 cm³/mol. The van der Waals surface area contributed by atoms with Crippen LogP contribution in [0, 0.1) is 5.82 Å². The van der Waals surface area contributed by atoms with Gasteiger partial charge in [0.1, 0.15) is 5.82 Å². The second-order valence-electron chi connectivity index (χ2n) is 14.6. The Hall–Kier alpha value is -3.41. The molecule has 3 aliphatic rings. The zero-order valence-electron chi connectivity index (χ0n) is 30.5. The van der Waals surface area contributed by atoms with E-state index in [0.29, 0.717) is 48.9 Å². The second-order valence-corrected chi connectivity index (χ2v) is 17.6. The summed E-state index contributed by atoms with van der Waals surface area (Å²) in [4.78, 5) is 18.9. The fourth-order valence-corrected chi connectivity index (χ4v) is 10.4. The van der Waals surface area contributed by atoms with Crippen molar-refractivity contribution in [2.24, 2.45) is 0 Å². The number of alkyl halides is 3. The Kier molecular flexibility index (Phi) is 11.5. The van der Waals surface area contributed by atoms with Crippen molar-refractivity contribution in [3.8, 4) is 11.3 Å². The molecular weight excluding hydrogens is 745 g/mol. The van der Waals surface area contributed by atoms with Gasteiger partial charge in [0, 0.05) is 73.3 Å². The average Bonchev–Trinajstić information content (AvgIpc) is 3.69. The molecule has 2 aromatic carbocycles. The lowest BCUT2D eigenvalue weighted by atomic mass is 9.87. The van der Waals surface area contributed by atoms with E-state index >= 15 is 0 Å². The van der Waals surface area contributed by atoms with E-state index in [1.807, 2.05) is 11.6 Å². The van der Waals surface area contributed by atoms with Crippen LogP contribution in [0.4, 0.5) is 17.6 Å². The molecule has 5 heterocycles. The van der Waals surface area contributed by atoms with E-state index in [1.165, 1.54) is 46.2 Å². The summed E-state index contributed by atoms with van der Waals surface area (Å²) < 4.78 is 88.9. The molecule has 54 heavy (non-hydrogen) atoms. The molecule has 0 spiro atoms. The summed E-state index contributed by atoms with van der Waals surface area (Å²) in [6.07, 6.45) is -0.373. The van der Waals surface area contributed by atoms with Crippen LogP contribution in [0.5, 0.6) is 0 Å². The maximum Gasteiger partial charge on any atom is 0.416 e. The number of thiophene rings is 1. The van der Waals surface area contributed by atoms with Crippen molar-refractivity contribution in [2.75, 3.05) is 65.3 Å². The summed E-state index contributed by atoms with van der Waals surface area (Å²) in [5.41, 5.74) is 2.90. The van der Waals surface area contributed by atoms with Gasteiger partial charge in [-0.1, -0.05) is 18.2 Å². The summed E-state index contributed by atoms with van der Waals surface area (Å²) in [6, 6.07) is 9.35. The third-order valence-electron chi connectivity index (χ3n) is 10.9. The molecule has 0 bridgehead atoms. The van der Waals surface area contributed by atoms with Crippen molar-refractivity contribution in [3.63, 3.8) is 0 Å². The number of hydrogen-bond donors (Lipinski definition) is 1. The number of piperidine rings is 1. The number of aryl methyl sites for hydroxylation is 1. The highest BCUT2D eigenvalue weighted by atomic mass is 32.2. The number of benzene rings is 2. The third kappa shape index (κ3) is 8.53. The number of aromatic nitrogens is 2. The second kappa shape index (κ2) is 16.0. The Morgan fingerprint density at radius 1 is 1.00 bits per heavy atom. The molecule has 1 atom stereocenters. The standard InChI is InChI=1S/C38H46F4N6O4S2/c1-25-22-32-31(24-48(25)54(2,50)51)35(27-4-6-28(7-5-27)38(40,41)42)44-47(32)14-3-13-45-15-10-26(11-16-45)34-30-9-8-29(39)23-33(30)53-36(34)37(49)43-12-17-46-18-20-52-21-19-46/h4-9,23,25-26H,3,10-22,24H2,1-2H3,(H,43,49)/t25-/m1/s1. The number of sulfonamides is 1. The number of ether oxygens (including phenoxy) is 1. The van der Waals surface area contributed by atoms with Gasteiger partial charge in [-0.15, -0.1) is 11.3 Å². The zero-order valence-corrected chi connectivity index (χ0v) is 32.1. The van der Waals surface area contributed by atoms with Gasteiger partial charge in [-0.05, 0) is 87.0 Å². The Morgan fingerprint density at radius 3 is 2.39 bits per heavy atom. The highest BCUT2D eigenvalue weighted by Gasteiger charge is 2.35. The first kappa shape index (κ1) is 38.8. The smallest absolute Gasteiger partial charge is 0.379 e. The minimum atomic E-state index is -4.47. The molecule has 1 N–H and O–H groups in total. The molecular formula is C38H46F4N6O4S2. The van der Waals surface area contributed by atoms with Gasteiger partial charge >= 0.3 is 6.18 Å². The molecule has 3 aliphatic heterocycles. The van der Waals surface area contributed by atoms with Crippen molar-refractivity contribution in [2.45, 2.75) is 63.8 Å². The minimum absolute atomic E-state index is 0.108. The Morgan fingerprint density at radius 2 is 1.70 bits per heavy atom. The predicted octanol–water partition coefficient (Wildman–Crippen LogP) is 5.96. The molecule has 0 unspecified atom stereocenters. The lowest BCUT2D eigenvalue weighted by molar-refractivity contribution is -0.137. The molecule has 2 saturated heterocycles. The fraction of sp³-hybridized carbons (Fsp3) is 0.526. The van der Waals surface area contributed by atoms with Crippen molar-refractivity contribution < 1.29 is 35.5 Å². The molecule has 7 rings (SSSR count). The van der Waals surface area contributed by atoms with Crippen LogP contribution in [-0.4, -0.2) is 110 Å². The minimum Gasteiger partial charge on any atom is -0.379 e. The highest BCUT2D eigenvalue weighted by molar-refractivity contribution is 7.88. The fourth-order valence-electron chi connectivity index (χ4n) is 8.09. The molecule has 0 radical (unpaired) electrons. The quantitative estimate of drug-likeness (QED) is 0.187. The number of nitrogens with one attached hydrogen (secondary N) is 1. The lowest BCUT2D eigenvalue weighted by Crippen LogP contribution is -2.42. The van der Waals surface area contributed by atoms with E-state index in [2.05, 4.69) is 15.1 Å². The number of likely N-dealkylation sites (tertiary alicyclic amines) is 1. The van der Waals surface area contributed by atoms with Crippen LogP contribution < -0.4 is 5.32 Å². The summed E-state index contributed by atoms with van der Waals surface area (Å²) >= 11 is 1.36. The first-order chi connectivity index (χ1) is 25.8. The molecule has 2 fully saturated rings. The molecule has 1 amide bonds. The number of carbonyl (C=O) groups is 1.